The molecule has 2 aliphatic rings. The van der Waals surface area contributed by atoms with Crippen LogP contribution >= 0.6 is 0 Å². The van der Waals surface area contributed by atoms with Crippen molar-refractivity contribution in [3.63, 3.8) is 0 Å². The minimum atomic E-state index is -0.650. The van der Waals surface area contributed by atoms with Crippen molar-refractivity contribution in [1.29, 1.82) is 0 Å². The maximum atomic E-state index is 13.2. The molecule has 1 aromatic carbocycles. The third-order valence-corrected chi connectivity index (χ3v) is 6.41. The van der Waals surface area contributed by atoms with Gasteiger partial charge in [0.15, 0.2) is 0 Å². The van der Waals surface area contributed by atoms with Gasteiger partial charge < -0.3 is 25.6 Å². The number of hydrogen-bond donors (Lipinski definition) is 3. The second-order valence-electron chi connectivity index (χ2n) is 10.4. The van der Waals surface area contributed by atoms with Crippen molar-refractivity contribution in [2.45, 2.75) is 77.0 Å². The van der Waals surface area contributed by atoms with Crippen LogP contribution in [0.25, 0.3) is 0 Å². The fourth-order valence-corrected chi connectivity index (χ4v) is 4.68. The molecule has 4 amide bonds. The molecule has 192 valence electrons. The lowest BCUT2D eigenvalue weighted by atomic mass is 9.81. The van der Waals surface area contributed by atoms with Gasteiger partial charge in [-0.05, 0) is 77.3 Å². The van der Waals surface area contributed by atoms with Crippen LogP contribution in [-0.4, -0.2) is 66.0 Å². The summed E-state index contributed by atoms with van der Waals surface area (Å²) in [5.74, 6) is -0.610. The van der Waals surface area contributed by atoms with Crippen molar-refractivity contribution in [1.82, 2.24) is 20.9 Å². The average Bonchev–Trinajstić information content (AvgIpc) is 3.36. The van der Waals surface area contributed by atoms with Crippen molar-refractivity contribution >= 4 is 23.8 Å². The molecule has 1 saturated carbocycles. The Morgan fingerprint density at radius 1 is 1.00 bits per heavy atom. The highest BCUT2D eigenvalue weighted by molar-refractivity contribution is 5.96. The van der Waals surface area contributed by atoms with Crippen LogP contribution in [0.1, 0.15) is 69.7 Å². The van der Waals surface area contributed by atoms with Gasteiger partial charge in [0.1, 0.15) is 11.6 Å². The van der Waals surface area contributed by atoms with Crippen molar-refractivity contribution in [2.24, 2.45) is 5.92 Å². The van der Waals surface area contributed by atoms with Gasteiger partial charge in [-0.1, -0.05) is 18.2 Å². The summed E-state index contributed by atoms with van der Waals surface area (Å²) in [7, 11) is 0. The van der Waals surface area contributed by atoms with Gasteiger partial charge in [0, 0.05) is 24.7 Å². The van der Waals surface area contributed by atoms with E-state index in [0.29, 0.717) is 44.3 Å². The molecule has 0 unspecified atom stereocenters. The highest BCUT2D eigenvalue weighted by Gasteiger charge is 2.37. The summed E-state index contributed by atoms with van der Waals surface area (Å²) in [6.45, 7) is 6.71. The Morgan fingerprint density at radius 2 is 1.63 bits per heavy atom. The maximum Gasteiger partial charge on any atom is 0.408 e. The summed E-state index contributed by atoms with van der Waals surface area (Å²) < 4.78 is 5.41. The molecule has 1 aliphatic heterocycles. The zero-order chi connectivity index (χ0) is 25.4. The lowest BCUT2D eigenvalue weighted by Crippen LogP contribution is -2.54. The fourth-order valence-electron chi connectivity index (χ4n) is 4.68. The van der Waals surface area contributed by atoms with Gasteiger partial charge in [-0.2, -0.15) is 0 Å². The second-order valence-corrected chi connectivity index (χ2v) is 10.4. The van der Waals surface area contributed by atoms with Gasteiger partial charge in [-0.15, -0.1) is 0 Å². The largest absolute Gasteiger partial charge is 0.444 e. The summed E-state index contributed by atoms with van der Waals surface area (Å²) in [5.41, 5.74) is -0.143. The SMILES string of the molecule is CC(C)(C)OC(=O)N[C@H](C(=O)N1CCCC1)C1CCC(NC(=O)CNC(=O)c2ccccc2)CC1. The van der Waals surface area contributed by atoms with Crippen LogP contribution in [0.2, 0.25) is 0 Å². The fraction of sp³-hybridized carbons (Fsp3) is 0.615. The predicted molar refractivity (Wildman–Crippen MR) is 132 cm³/mol. The third kappa shape index (κ3) is 8.26. The molecule has 3 N–H and O–H groups in total. The average molecular weight is 487 g/mol. The molecule has 0 radical (unpaired) electrons. The van der Waals surface area contributed by atoms with Crippen LogP contribution in [0.15, 0.2) is 30.3 Å². The molecular formula is C26H38N4O5. The standard InChI is InChI=1S/C26H38N4O5/c1-26(2,3)35-25(34)29-22(24(33)30-15-7-8-16-30)18-11-13-20(14-12-18)28-21(31)17-27-23(32)19-9-5-4-6-10-19/h4-6,9-10,18,20,22H,7-8,11-17H2,1-3H3,(H,27,32)(H,28,31)(H,29,34)/t18?,20?,22-/m0/s1. The lowest BCUT2D eigenvalue weighted by molar-refractivity contribution is -0.134. The molecule has 1 aliphatic carbocycles. The first kappa shape index (κ1) is 26.5. The number of likely N-dealkylation sites (tertiary alicyclic amines) is 1. The molecule has 1 heterocycles. The minimum Gasteiger partial charge on any atom is -0.444 e. The Morgan fingerprint density at radius 3 is 2.23 bits per heavy atom. The van der Waals surface area contributed by atoms with Gasteiger partial charge in [0.25, 0.3) is 5.91 Å². The molecule has 0 bridgehead atoms. The molecule has 1 aromatic rings. The van der Waals surface area contributed by atoms with Crippen LogP contribution < -0.4 is 16.0 Å². The van der Waals surface area contributed by atoms with E-state index in [9.17, 15) is 19.2 Å². The summed E-state index contributed by atoms with van der Waals surface area (Å²) in [6.07, 6.45) is 4.16. The van der Waals surface area contributed by atoms with E-state index in [4.69, 9.17) is 4.74 Å². The van der Waals surface area contributed by atoms with E-state index in [0.717, 1.165) is 12.8 Å². The molecule has 9 nitrogen and oxygen atoms in total. The van der Waals surface area contributed by atoms with E-state index in [1.165, 1.54) is 0 Å². The first-order valence-electron chi connectivity index (χ1n) is 12.5. The highest BCUT2D eigenvalue weighted by atomic mass is 16.6. The molecule has 2 fully saturated rings. The van der Waals surface area contributed by atoms with Crippen molar-refractivity contribution < 1.29 is 23.9 Å². The van der Waals surface area contributed by atoms with Crippen LogP contribution in [-0.2, 0) is 14.3 Å². The van der Waals surface area contributed by atoms with E-state index in [-0.39, 0.29) is 36.2 Å². The lowest BCUT2D eigenvalue weighted by Gasteiger charge is -2.35. The van der Waals surface area contributed by atoms with Gasteiger partial charge in [-0.3, -0.25) is 14.4 Å². The first-order valence-corrected chi connectivity index (χ1v) is 12.5. The van der Waals surface area contributed by atoms with Crippen molar-refractivity contribution in [3.8, 4) is 0 Å². The van der Waals surface area contributed by atoms with Gasteiger partial charge in [0.05, 0.1) is 6.54 Å². The molecule has 0 spiro atoms. The number of ether oxygens (including phenoxy) is 1. The Balaban J connectivity index is 1.50. The molecular weight excluding hydrogens is 448 g/mol. The highest BCUT2D eigenvalue weighted by Crippen LogP contribution is 2.29. The molecule has 9 heteroatoms. The summed E-state index contributed by atoms with van der Waals surface area (Å²) in [6, 6.07) is 8.09. The third-order valence-electron chi connectivity index (χ3n) is 6.41. The number of nitrogens with one attached hydrogen (secondary N) is 3. The zero-order valence-electron chi connectivity index (χ0n) is 21.0. The number of amides is 4. The van der Waals surface area contributed by atoms with Crippen LogP contribution in [0.5, 0.6) is 0 Å². The number of nitrogens with zero attached hydrogens (tertiary/aromatic N) is 1. The topological polar surface area (TPSA) is 117 Å². The molecule has 0 aromatic heterocycles. The Bertz CT molecular complexity index is 885. The normalized spacial score (nSPS) is 21.1. The van der Waals surface area contributed by atoms with Gasteiger partial charge in [-0.25, -0.2) is 4.79 Å². The number of alkyl carbamates (subject to hydrolysis) is 1. The summed E-state index contributed by atoms with van der Waals surface area (Å²) >= 11 is 0. The van der Waals surface area contributed by atoms with E-state index in [2.05, 4.69) is 16.0 Å². The van der Waals surface area contributed by atoms with E-state index in [1.54, 1.807) is 45.0 Å². The monoisotopic (exact) mass is 486 g/mol. The van der Waals surface area contributed by atoms with Crippen molar-refractivity contribution in [3.05, 3.63) is 35.9 Å². The summed E-state index contributed by atoms with van der Waals surface area (Å²) in [4.78, 5) is 52.0. The Hall–Kier alpha value is -3.10. The number of carbonyl (C=O) groups is 4. The van der Waals surface area contributed by atoms with Crippen LogP contribution in [0.3, 0.4) is 0 Å². The van der Waals surface area contributed by atoms with E-state index >= 15 is 0 Å². The second kappa shape index (κ2) is 12.0. The number of rotatable bonds is 7. The minimum absolute atomic E-state index is 0.0263. The molecule has 35 heavy (non-hydrogen) atoms. The smallest absolute Gasteiger partial charge is 0.408 e. The van der Waals surface area contributed by atoms with Gasteiger partial charge >= 0.3 is 6.09 Å². The number of benzene rings is 1. The predicted octanol–water partition coefficient (Wildman–Crippen LogP) is 2.61. The van der Waals surface area contributed by atoms with Gasteiger partial charge in [0.2, 0.25) is 11.8 Å². The van der Waals surface area contributed by atoms with Crippen molar-refractivity contribution in [2.75, 3.05) is 19.6 Å². The number of hydrogen-bond acceptors (Lipinski definition) is 5. The quantitative estimate of drug-likeness (QED) is 0.548. The van der Waals surface area contributed by atoms with Crippen LogP contribution in [0, 0.1) is 5.92 Å². The first-order chi connectivity index (χ1) is 16.6. The zero-order valence-corrected chi connectivity index (χ0v) is 21.0. The maximum absolute atomic E-state index is 13.2. The van der Waals surface area contributed by atoms with Crippen LogP contribution in [0.4, 0.5) is 4.79 Å². The van der Waals surface area contributed by atoms with E-state index < -0.39 is 17.7 Å². The van der Waals surface area contributed by atoms with E-state index in [1.807, 2.05) is 11.0 Å². The molecule has 1 atom stereocenters. The molecule has 3 rings (SSSR count). The molecule has 1 saturated heterocycles. The Kier molecular flexibility index (Phi) is 9.12. The number of carbonyl (C=O) groups excluding carboxylic acids is 4. The summed E-state index contributed by atoms with van der Waals surface area (Å²) in [5, 5.41) is 8.46. The Labute approximate surface area is 207 Å².